The molecule has 3 aromatic carbocycles. The summed E-state index contributed by atoms with van der Waals surface area (Å²) in [5.41, 5.74) is 5.14. The van der Waals surface area contributed by atoms with E-state index in [0.29, 0.717) is 5.56 Å². The molecule has 0 aromatic heterocycles. The number of aromatic hydroxyl groups is 1. The molecule has 0 spiro atoms. The predicted octanol–water partition coefficient (Wildman–Crippen LogP) is 4.96. The Bertz CT molecular complexity index is 1030. The number of fused-ring (bicyclic) bond motifs is 3. The highest BCUT2D eigenvalue weighted by Crippen LogP contribution is 2.44. The molecular formula is C23H19NO4. The van der Waals surface area contributed by atoms with Crippen LogP contribution in [0, 0.1) is 0 Å². The predicted molar refractivity (Wildman–Crippen MR) is 107 cm³/mol. The van der Waals surface area contributed by atoms with Crippen molar-refractivity contribution in [3.63, 3.8) is 0 Å². The van der Waals surface area contributed by atoms with Gasteiger partial charge in [0, 0.05) is 11.5 Å². The zero-order valence-corrected chi connectivity index (χ0v) is 15.3. The molecule has 0 heterocycles. The van der Waals surface area contributed by atoms with E-state index < -0.39 is 6.09 Å². The summed E-state index contributed by atoms with van der Waals surface area (Å²) in [7, 11) is 0. The van der Waals surface area contributed by atoms with Gasteiger partial charge in [-0.25, -0.2) is 4.79 Å². The Hall–Kier alpha value is -3.60. The van der Waals surface area contributed by atoms with E-state index >= 15 is 0 Å². The summed E-state index contributed by atoms with van der Waals surface area (Å²) in [6.07, 6.45) is -0.660. The van der Waals surface area contributed by atoms with Crippen LogP contribution in [0.1, 0.15) is 34.3 Å². The lowest BCUT2D eigenvalue weighted by Crippen LogP contribution is -2.18. The van der Waals surface area contributed by atoms with Crippen LogP contribution in [0.2, 0.25) is 0 Å². The van der Waals surface area contributed by atoms with Gasteiger partial charge in [-0.2, -0.15) is 0 Å². The third-order valence-electron chi connectivity index (χ3n) is 4.98. The number of Topliss-reactive ketones (excluding diaryl/α,β-unsaturated/α-hetero) is 1. The van der Waals surface area contributed by atoms with E-state index in [1.165, 1.54) is 19.1 Å². The maximum atomic E-state index is 12.3. The smallest absolute Gasteiger partial charge is 0.411 e. The first-order valence-electron chi connectivity index (χ1n) is 9.00. The van der Waals surface area contributed by atoms with Gasteiger partial charge < -0.3 is 9.84 Å². The highest BCUT2D eigenvalue weighted by atomic mass is 16.5. The summed E-state index contributed by atoms with van der Waals surface area (Å²) in [5.74, 6) is -0.379. The van der Waals surface area contributed by atoms with Gasteiger partial charge in [0.05, 0.1) is 5.69 Å². The molecule has 2 N–H and O–H groups in total. The van der Waals surface area contributed by atoms with Crippen LogP contribution in [0.15, 0.2) is 66.7 Å². The highest BCUT2D eigenvalue weighted by Gasteiger charge is 2.29. The molecule has 4 rings (SSSR count). The first kappa shape index (κ1) is 17.8. The van der Waals surface area contributed by atoms with Crippen molar-refractivity contribution in [1.82, 2.24) is 0 Å². The number of nitrogens with one attached hydrogen (secondary N) is 1. The molecule has 0 radical (unpaired) electrons. The van der Waals surface area contributed by atoms with Crippen molar-refractivity contribution in [3.05, 3.63) is 83.4 Å². The van der Waals surface area contributed by atoms with Gasteiger partial charge in [0.25, 0.3) is 0 Å². The fourth-order valence-electron chi connectivity index (χ4n) is 3.60. The van der Waals surface area contributed by atoms with Gasteiger partial charge in [0.15, 0.2) is 5.78 Å². The van der Waals surface area contributed by atoms with Gasteiger partial charge in [-0.05, 0) is 47.4 Å². The number of carbonyl (C=O) groups is 2. The van der Waals surface area contributed by atoms with Crippen molar-refractivity contribution >= 4 is 17.6 Å². The number of ketones is 1. The monoisotopic (exact) mass is 373 g/mol. The molecule has 5 heteroatoms. The number of anilines is 1. The standard InChI is InChI=1S/C23H19NO4/c1-14(25)15-10-11-21(22(26)12-15)24-23(27)28-13-20-18-8-4-2-6-16(18)17-7-3-5-9-19(17)20/h2-12,20,26H,13H2,1H3,(H,24,27). The number of hydrogen-bond acceptors (Lipinski definition) is 4. The zero-order chi connectivity index (χ0) is 19.7. The molecule has 0 saturated carbocycles. The summed E-state index contributed by atoms with van der Waals surface area (Å²) in [5, 5.41) is 12.5. The summed E-state index contributed by atoms with van der Waals surface area (Å²) >= 11 is 0. The Kier molecular flexibility index (Phi) is 4.57. The Labute approximate surface area is 162 Å². The summed E-state index contributed by atoms with van der Waals surface area (Å²) in [4.78, 5) is 23.6. The van der Waals surface area contributed by atoms with Crippen LogP contribution in [0.3, 0.4) is 0 Å². The number of hydrogen-bond donors (Lipinski definition) is 2. The van der Waals surface area contributed by atoms with Gasteiger partial charge >= 0.3 is 6.09 Å². The van der Waals surface area contributed by atoms with Gasteiger partial charge in [0.1, 0.15) is 12.4 Å². The maximum absolute atomic E-state index is 12.3. The average Bonchev–Trinajstić information content (AvgIpc) is 3.02. The third-order valence-corrected chi connectivity index (χ3v) is 4.98. The van der Waals surface area contributed by atoms with E-state index in [4.69, 9.17) is 4.74 Å². The lowest BCUT2D eigenvalue weighted by Gasteiger charge is -2.15. The minimum atomic E-state index is -0.660. The lowest BCUT2D eigenvalue weighted by atomic mass is 9.98. The fourth-order valence-corrected chi connectivity index (χ4v) is 3.60. The van der Waals surface area contributed by atoms with Gasteiger partial charge in [-0.15, -0.1) is 0 Å². The van der Waals surface area contributed by atoms with Crippen LogP contribution < -0.4 is 5.32 Å². The molecule has 0 aliphatic heterocycles. The van der Waals surface area contributed by atoms with Crippen molar-refractivity contribution in [3.8, 4) is 16.9 Å². The molecule has 0 saturated heterocycles. The van der Waals surface area contributed by atoms with Crippen LogP contribution in [0.5, 0.6) is 5.75 Å². The molecule has 0 fully saturated rings. The van der Waals surface area contributed by atoms with Crippen LogP contribution in [0.4, 0.5) is 10.5 Å². The molecular weight excluding hydrogens is 354 g/mol. The second kappa shape index (κ2) is 7.19. The topological polar surface area (TPSA) is 75.6 Å². The molecule has 1 aliphatic rings. The van der Waals surface area contributed by atoms with Crippen LogP contribution in [-0.4, -0.2) is 23.6 Å². The Morgan fingerprint density at radius 2 is 1.57 bits per heavy atom. The quantitative estimate of drug-likeness (QED) is 0.501. The van der Waals surface area contributed by atoms with E-state index in [2.05, 4.69) is 17.4 Å². The summed E-state index contributed by atoms with van der Waals surface area (Å²) in [6, 6.07) is 20.5. The minimum absolute atomic E-state index is 0.0353. The second-order valence-corrected chi connectivity index (χ2v) is 6.74. The van der Waals surface area contributed by atoms with Crippen LogP contribution >= 0.6 is 0 Å². The molecule has 28 heavy (non-hydrogen) atoms. The fraction of sp³-hybridized carbons (Fsp3) is 0.130. The summed E-state index contributed by atoms with van der Waals surface area (Å²) < 4.78 is 5.45. The first-order chi connectivity index (χ1) is 13.5. The molecule has 1 amide bonds. The Balaban J connectivity index is 1.48. The van der Waals surface area contributed by atoms with Gasteiger partial charge in [0.2, 0.25) is 0 Å². The number of ether oxygens (including phenoxy) is 1. The molecule has 0 unspecified atom stereocenters. The molecule has 140 valence electrons. The maximum Gasteiger partial charge on any atom is 0.411 e. The molecule has 1 aliphatic carbocycles. The number of phenols is 1. The van der Waals surface area contributed by atoms with Crippen molar-refractivity contribution < 1.29 is 19.4 Å². The number of amides is 1. The van der Waals surface area contributed by atoms with Crippen molar-refractivity contribution in [2.45, 2.75) is 12.8 Å². The number of carbonyl (C=O) groups excluding carboxylic acids is 2. The normalized spacial score (nSPS) is 12.2. The number of phenolic OH excluding ortho intramolecular Hbond substituents is 1. The molecule has 3 aromatic rings. The SMILES string of the molecule is CC(=O)c1ccc(NC(=O)OCC2c3ccccc3-c3ccccc32)c(O)c1. The lowest BCUT2D eigenvalue weighted by molar-refractivity contribution is 0.101. The largest absolute Gasteiger partial charge is 0.506 e. The van der Waals surface area contributed by atoms with E-state index in [9.17, 15) is 14.7 Å². The number of benzene rings is 3. The molecule has 0 atom stereocenters. The van der Waals surface area contributed by atoms with Crippen molar-refractivity contribution in [1.29, 1.82) is 0 Å². The Morgan fingerprint density at radius 1 is 0.964 bits per heavy atom. The van der Waals surface area contributed by atoms with Crippen LogP contribution in [-0.2, 0) is 4.74 Å². The zero-order valence-electron chi connectivity index (χ0n) is 15.3. The van der Waals surface area contributed by atoms with Gasteiger partial charge in [-0.3, -0.25) is 10.1 Å². The van der Waals surface area contributed by atoms with Crippen molar-refractivity contribution in [2.75, 3.05) is 11.9 Å². The minimum Gasteiger partial charge on any atom is -0.506 e. The van der Waals surface area contributed by atoms with Gasteiger partial charge in [-0.1, -0.05) is 48.5 Å². The van der Waals surface area contributed by atoms with E-state index in [0.717, 1.165) is 22.3 Å². The average molecular weight is 373 g/mol. The van der Waals surface area contributed by atoms with E-state index in [1.54, 1.807) is 6.07 Å². The highest BCUT2D eigenvalue weighted by molar-refractivity contribution is 5.96. The van der Waals surface area contributed by atoms with Crippen molar-refractivity contribution in [2.24, 2.45) is 0 Å². The third kappa shape index (κ3) is 3.22. The molecule has 5 nitrogen and oxygen atoms in total. The second-order valence-electron chi connectivity index (χ2n) is 6.74. The van der Waals surface area contributed by atoms with E-state index in [1.807, 2.05) is 36.4 Å². The van der Waals surface area contributed by atoms with E-state index in [-0.39, 0.29) is 29.7 Å². The molecule has 0 bridgehead atoms. The van der Waals surface area contributed by atoms with Crippen LogP contribution in [0.25, 0.3) is 11.1 Å². The first-order valence-corrected chi connectivity index (χ1v) is 9.00. The summed E-state index contributed by atoms with van der Waals surface area (Å²) in [6.45, 7) is 1.60. The number of rotatable bonds is 4. The Morgan fingerprint density at radius 3 is 2.14 bits per heavy atom.